The molecule has 178 valence electrons. The summed E-state index contributed by atoms with van der Waals surface area (Å²) in [6.45, 7) is -0.531. The largest absolute Gasteiger partial charge is 0.463 e. The third-order valence-corrected chi connectivity index (χ3v) is 7.66. The van der Waals surface area contributed by atoms with E-state index in [1.54, 1.807) is 60.7 Å². The molecule has 2 aromatic heterocycles. The fourth-order valence-corrected chi connectivity index (χ4v) is 6.00. The minimum Gasteiger partial charge on any atom is -0.463 e. The molecule has 0 N–H and O–H groups in total. The number of pyridine rings is 1. The molecular weight excluding hydrogens is 468 g/mol. The number of ether oxygens (including phenoxy) is 1. The zero-order valence-electron chi connectivity index (χ0n) is 18.7. The number of hydrogen-bond donors (Lipinski definition) is 0. The van der Waals surface area contributed by atoms with Crippen LogP contribution in [0.3, 0.4) is 0 Å². The third kappa shape index (κ3) is 4.81. The van der Waals surface area contributed by atoms with Crippen LogP contribution in [0.15, 0.2) is 83.5 Å². The molecule has 1 amide bonds. The van der Waals surface area contributed by atoms with Crippen LogP contribution < -0.4 is 4.90 Å². The summed E-state index contributed by atoms with van der Waals surface area (Å²) < 4.78 is 35.0. The van der Waals surface area contributed by atoms with Gasteiger partial charge in [0, 0.05) is 11.1 Å². The first kappa shape index (κ1) is 22.8. The van der Waals surface area contributed by atoms with Crippen molar-refractivity contribution < 1.29 is 27.2 Å². The van der Waals surface area contributed by atoms with Crippen LogP contribution in [-0.2, 0) is 19.4 Å². The molecule has 1 aliphatic heterocycles. The summed E-state index contributed by atoms with van der Waals surface area (Å²) in [5, 5.41) is 0.585. The fraction of sp³-hybridized carbons (Fsp3) is 0.192. The Hall–Kier alpha value is -3.98. The number of rotatable bonds is 6. The molecule has 3 heterocycles. The molecule has 0 saturated carbocycles. The molecule has 35 heavy (non-hydrogen) atoms. The average Bonchev–Trinajstić information content (AvgIpc) is 3.52. The molecule has 0 radical (unpaired) electrons. The van der Waals surface area contributed by atoms with Gasteiger partial charge in [-0.05, 0) is 42.8 Å². The van der Waals surface area contributed by atoms with E-state index in [0.717, 1.165) is 0 Å². The molecule has 1 fully saturated rings. The smallest absolute Gasteiger partial charge is 0.339 e. The summed E-state index contributed by atoms with van der Waals surface area (Å²) in [7, 11) is -3.22. The van der Waals surface area contributed by atoms with Gasteiger partial charge in [0.1, 0.15) is 5.69 Å². The number of nitrogens with zero attached hydrogens (tertiary/aromatic N) is 2. The standard InChI is InChI=1S/C26H22N2O6S/c29-25(28(18-7-2-1-3-8-18)19-12-14-35(31,32)17-19)16-34-26(30)21-15-23(24-11-6-13-33-24)27-22-10-5-4-9-20(21)22/h1-11,13,15,19H,12,14,16-17H2. The van der Waals surface area contributed by atoms with Crippen LogP contribution >= 0.6 is 0 Å². The molecular formula is C26H22N2O6S. The van der Waals surface area contributed by atoms with Crippen molar-refractivity contribution in [3.05, 3.63) is 84.6 Å². The highest BCUT2D eigenvalue weighted by molar-refractivity contribution is 7.91. The van der Waals surface area contributed by atoms with E-state index in [0.29, 0.717) is 34.5 Å². The molecule has 1 saturated heterocycles. The van der Waals surface area contributed by atoms with Crippen molar-refractivity contribution in [1.29, 1.82) is 0 Å². The third-order valence-electron chi connectivity index (χ3n) is 5.91. The highest BCUT2D eigenvalue weighted by Gasteiger charge is 2.36. The molecule has 1 aliphatic rings. The molecule has 1 atom stereocenters. The van der Waals surface area contributed by atoms with Gasteiger partial charge >= 0.3 is 5.97 Å². The number of furan rings is 1. The van der Waals surface area contributed by atoms with Crippen LogP contribution in [0.5, 0.6) is 0 Å². The minimum atomic E-state index is -3.22. The first-order valence-electron chi connectivity index (χ1n) is 11.1. The average molecular weight is 491 g/mol. The lowest BCUT2D eigenvalue weighted by Gasteiger charge is -2.28. The van der Waals surface area contributed by atoms with E-state index in [2.05, 4.69) is 4.98 Å². The van der Waals surface area contributed by atoms with Gasteiger partial charge in [0.05, 0.1) is 34.9 Å². The molecule has 4 aromatic rings. The highest BCUT2D eigenvalue weighted by Crippen LogP contribution is 2.27. The Kier molecular flexibility index (Phi) is 6.08. The number of para-hydroxylation sites is 2. The van der Waals surface area contributed by atoms with Gasteiger partial charge in [-0.3, -0.25) is 4.79 Å². The Balaban J connectivity index is 1.40. The zero-order chi connectivity index (χ0) is 24.4. The SMILES string of the molecule is O=C(OCC(=O)N(c1ccccc1)C1CCS(=O)(=O)C1)c1cc(-c2ccco2)nc2ccccc12. The number of fused-ring (bicyclic) bond motifs is 1. The quantitative estimate of drug-likeness (QED) is 0.378. The van der Waals surface area contributed by atoms with Gasteiger partial charge in [0.2, 0.25) is 0 Å². The summed E-state index contributed by atoms with van der Waals surface area (Å²) in [5.41, 5.74) is 1.87. The van der Waals surface area contributed by atoms with Crippen molar-refractivity contribution in [2.45, 2.75) is 12.5 Å². The lowest BCUT2D eigenvalue weighted by molar-refractivity contribution is -0.122. The number of esters is 1. The van der Waals surface area contributed by atoms with Crippen LogP contribution in [0.1, 0.15) is 16.8 Å². The number of sulfone groups is 1. The molecule has 2 aromatic carbocycles. The van der Waals surface area contributed by atoms with Gasteiger partial charge in [-0.2, -0.15) is 0 Å². The number of aromatic nitrogens is 1. The molecule has 1 unspecified atom stereocenters. The number of carbonyl (C=O) groups is 2. The lowest BCUT2D eigenvalue weighted by Crippen LogP contribution is -2.43. The number of carbonyl (C=O) groups excluding carboxylic acids is 2. The van der Waals surface area contributed by atoms with E-state index in [9.17, 15) is 18.0 Å². The van der Waals surface area contributed by atoms with E-state index in [-0.39, 0.29) is 17.1 Å². The van der Waals surface area contributed by atoms with Crippen LogP contribution in [0.2, 0.25) is 0 Å². The Morgan fingerprint density at radius 1 is 1.03 bits per heavy atom. The Labute approximate surface area is 202 Å². The van der Waals surface area contributed by atoms with Crippen LogP contribution in [0, 0.1) is 0 Å². The van der Waals surface area contributed by atoms with Crippen molar-refractivity contribution in [2.75, 3.05) is 23.0 Å². The molecule has 0 aliphatic carbocycles. The number of amides is 1. The lowest BCUT2D eigenvalue weighted by atomic mass is 10.1. The van der Waals surface area contributed by atoms with Gasteiger partial charge < -0.3 is 14.1 Å². The van der Waals surface area contributed by atoms with Gasteiger partial charge in [-0.15, -0.1) is 0 Å². The predicted octanol–water partition coefficient (Wildman–Crippen LogP) is 3.87. The van der Waals surface area contributed by atoms with Crippen molar-refractivity contribution in [2.24, 2.45) is 0 Å². The van der Waals surface area contributed by atoms with E-state index in [4.69, 9.17) is 9.15 Å². The van der Waals surface area contributed by atoms with Gasteiger partial charge in [-0.25, -0.2) is 18.2 Å². The van der Waals surface area contributed by atoms with Gasteiger partial charge in [-0.1, -0.05) is 36.4 Å². The van der Waals surface area contributed by atoms with Crippen LogP contribution in [0.25, 0.3) is 22.4 Å². The maximum Gasteiger partial charge on any atom is 0.339 e. The van der Waals surface area contributed by atoms with E-state index >= 15 is 0 Å². The highest BCUT2D eigenvalue weighted by atomic mass is 32.2. The summed E-state index contributed by atoms with van der Waals surface area (Å²) in [5.74, 6) is -0.776. The number of hydrogen-bond acceptors (Lipinski definition) is 7. The van der Waals surface area contributed by atoms with Gasteiger partial charge in [0.25, 0.3) is 5.91 Å². The molecule has 5 rings (SSSR count). The minimum absolute atomic E-state index is 0.0205. The van der Waals surface area contributed by atoms with E-state index in [1.165, 1.54) is 11.2 Å². The monoisotopic (exact) mass is 490 g/mol. The predicted molar refractivity (Wildman–Crippen MR) is 131 cm³/mol. The normalized spacial score (nSPS) is 16.7. The van der Waals surface area contributed by atoms with Crippen molar-refractivity contribution in [3.63, 3.8) is 0 Å². The van der Waals surface area contributed by atoms with Crippen molar-refractivity contribution >= 4 is 38.3 Å². The Bertz CT molecular complexity index is 1480. The number of benzene rings is 2. The summed E-state index contributed by atoms with van der Waals surface area (Å²) >= 11 is 0. The maximum absolute atomic E-state index is 13.2. The summed E-state index contributed by atoms with van der Waals surface area (Å²) in [4.78, 5) is 32.3. The Morgan fingerprint density at radius 3 is 2.51 bits per heavy atom. The first-order valence-corrected chi connectivity index (χ1v) is 12.9. The maximum atomic E-state index is 13.2. The van der Waals surface area contributed by atoms with Crippen LogP contribution in [0.4, 0.5) is 5.69 Å². The molecule has 0 bridgehead atoms. The van der Waals surface area contributed by atoms with Crippen LogP contribution in [-0.4, -0.2) is 49.4 Å². The van der Waals surface area contributed by atoms with Crippen molar-refractivity contribution in [3.8, 4) is 11.5 Å². The fourth-order valence-electron chi connectivity index (χ4n) is 4.30. The second-order valence-electron chi connectivity index (χ2n) is 8.28. The van der Waals surface area contributed by atoms with E-state index in [1.807, 2.05) is 12.1 Å². The molecule has 0 spiro atoms. The summed E-state index contributed by atoms with van der Waals surface area (Å²) in [6, 6.07) is 20.5. The Morgan fingerprint density at radius 2 is 1.80 bits per heavy atom. The van der Waals surface area contributed by atoms with Gasteiger partial charge in [0.15, 0.2) is 22.2 Å². The summed E-state index contributed by atoms with van der Waals surface area (Å²) in [6.07, 6.45) is 1.85. The number of anilines is 1. The second kappa shape index (κ2) is 9.34. The first-order chi connectivity index (χ1) is 16.9. The van der Waals surface area contributed by atoms with Crippen molar-refractivity contribution in [1.82, 2.24) is 4.98 Å². The second-order valence-corrected chi connectivity index (χ2v) is 10.5. The van der Waals surface area contributed by atoms with E-state index < -0.39 is 34.4 Å². The zero-order valence-corrected chi connectivity index (χ0v) is 19.5. The molecule has 9 heteroatoms. The topological polar surface area (TPSA) is 107 Å². The molecule has 8 nitrogen and oxygen atoms in total.